The maximum atomic E-state index is 12.7. The summed E-state index contributed by atoms with van der Waals surface area (Å²) >= 11 is 5.19. The van der Waals surface area contributed by atoms with E-state index in [0.717, 1.165) is 6.07 Å². The van der Waals surface area contributed by atoms with Crippen LogP contribution in [0, 0.1) is 21.4 Å². The number of nitrogens with zero attached hydrogens (tertiary/aromatic N) is 2. The van der Waals surface area contributed by atoms with Crippen molar-refractivity contribution in [2.75, 3.05) is 5.88 Å². The van der Waals surface area contributed by atoms with Crippen molar-refractivity contribution in [1.82, 2.24) is 0 Å². The van der Waals surface area contributed by atoms with E-state index in [1.165, 1.54) is 6.07 Å². The Hall–Kier alpha value is -2.14. The van der Waals surface area contributed by atoms with Gasteiger partial charge in [-0.3, -0.25) is 14.9 Å². The SMILES string of the molecule is N#Cc1cc(C(=O)CCl)c([N+](=O)[O-])c(C(F)(F)F)c1. The summed E-state index contributed by atoms with van der Waals surface area (Å²) in [7, 11) is 0. The van der Waals surface area contributed by atoms with Crippen LogP contribution in [0.1, 0.15) is 21.5 Å². The van der Waals surface area contributed by atoms with Crippen LogP contribution in [0.2, 0.25) is 0 Å². The number of hydrogen-bond donors (Lipinski definition) is 0. The van der Waals surface area contributed by atoms with Crippen molar-refractivity contribution in [3.8, 4) is 6.07 Å². The van der Waals surface area contributed by atoms with Gasteiger partial charge in [-0.15, -0.1) is 11.6 Å². The molecule has 0 aromatic heterocycles. The van der Waals surface area contributed by atoms with E-state index in [1.807, 2.05) is 0 Å². The third-order valence-electron chi connectivity index (χ3n) is 2.15. The minimum Gasteiger partial charge on any atom is -0.293 e. The normalized spacial score (nSPS) is 10.9. The van der Waals surface area contributed by atoms with Crippen LogP contribution in [0.25, 0.3) is 0 Å². The molecule has 1 aromatic carbocycles. The molecular weight excluding hydrogens is 289 g/mol. The van der Waals surface area contributed by atoms with Crippen LogP contribution in [0.3, 0.4) is 0 Å². The number of alkyl halides is 4. The van der Waals surface area contributed by atoms with E-state index in [4.69, 9.17) is 16.9 Å². The summed E-state index contributed by atoms with van der Waals surface area (Å²) in [6.07, 6.45) is -5.06. The molecule has 0 radical (unpaired) electrons. The topological polar surface area (TPSA) is 84.0 Å². The predicted octanol–water partition coefficient (Wildman–Crippen LogP) is 2.91. The summed E-state index contributed by atoms with van der Waals surface area (Å²) < 4.78 is 38.1. The lowest BCUT2D eigenvalue weighted by Gasteiger charge is -2.10. The Bertz CT molecular complexity index is 593. The Balaban J connectivity index is 3.77. The minimum atomic E-state index is -5.06. The fourth-order valence-electron chi connectivity index (χ4n) is 1.40. The van der Waals surface area contributed by atoms with Gasteiger partial charge in [0.15, 0.2) is 5.78 Å². The summed E-state index contributed by atoms with van der Waals surface area (Å²) in [4.78, 5) is 20.8. The smallest absolute Gasteiger partial charge is 0.293 e. The molecule has 0 N–H and O–H groups in total. The van der Waals surface area contributed by atoms with Crippen molar-refractivity contribution in [3.05, 3.63) is 38.9 Å². The van der Waals surface area contributed by atoms with Gasteiger partial charge in [0.2, 0.25) is 0 Å². The monoisotopic (exact) mass is 292 g/mol. The molecule has 1 rings (SSSR count). The number of hydrogen-bond acceptors (Lipinski definition) is 4. The number of carbonyl (C=O) groups excluding carboxylic acids is 1. The zero-order valence-electron chi connectivity index (χ0n) is 8.99. The van der Waals surface area contributed by atoms with Crippen LogP contribution in [0.15, 0.2) is 12.1 Å². The van der Waals surface area contributed by atoms with Crippen molar-refractivity contribution in [2.45, 2.75) is 6.18 Å². The molecule has 5 nitrogen and oxygen atoms in total. The van der Waals surface area contributed by atoms with Gasteiger partial charge in [-0.25, -0.2) is 0 Å². The third-order valence-corrected chi connectivity index (χ3v) is 2.39. The lowest BCUT2D eigenvalue weighted by Crippen LogP contribution is -2.14. The zero-order valence-corrected chi connectivity index (χ0v) is 9.75. The van der Waals surface area contributed by atoms with Crippen molar-refractivity contribution < 1.29 is 22.9 Å². The van der Waals surface area contributed by atoms with E-state index in [9.17, 15) is 28.1 Å². The standard InChI is InChI=1S/C10H4ClF3N2O3/c11-3-8(17)6-1-5(4-15)2-7(10(12,13)14)9(6)16(18)19/h1-2H,3H2. The summed E-state index contributed by atoms with van der Waals surface area (Å²) in [5, 5.41) is 19.3. The van der Waals surface area contributed by atoms with Crippen LogP contribution >= 0.6 is 11.6 Å². The number of nitro groups is 1. The first-order valence-corrected chi connectivity index (χ1v) is 5.14. The van der Waals surface area contributed by atoms with E-state index in [1.54, 1.807) is 0 Å². The van der Waals surface area contributed by atoms with Gasteiger partial charge in [0.1, 0.15) is 5.56 Å². The average molecular weight is 293 g/mol. The first-order chi connectivity index (χ1) is 8.72. The average Bonchev–Trinajstić information content (AvgIpc) is 2.34. The molecule has 0 bridgehead atoms. The van der Waals surface area contributed by atoms with Gasteiger partial charge in [0.25, 0.3) is 5.69 Å². The van der Waals surface area contributed by atoms with Gasteiger partial charge >= 0.3 is 6.18 Å². The number of carbonyl (C=O) groups is 1. The molecule has 0 aliphatic rings. The lowest BCUT2D eigenvalue weighted by atomic mass is 10.0. The van der Waals surface area contributed by atoms with E-state index in [0.29, 0.717) is 6.07 Å². The highest BCUT2D eigenvalue weighted by atomic mass is 35.5. The number of nitriles is 1. The predicted molar refractivity (Wildman–Crippen MR) is 57.9 cm³/mol. The minimum absolute atomic E-state index is 0.323. The molecule has 19 heavy (non-hydrogen) atoms. The number of benzene rings is 1. The van der Waals surface area contributed by atoms with Crippen LogP contribution in [-0.2, 0) is 6.18 Å². The Morgan fingerprint density at radius 3 is 2.42 bits per heavy atom. The Morgan fingerprint density at radius 2 is 2.05 bits per heavy atom. The molecule has 0 aliphatic carbocycles. The molecule has 0 spiro atoms. The highest BCUT2D eigenvalue weighted by Gasteiger charge is 2.41. The largest absolute Gasteiger partial charge is 0.423 e. The second-order valence-corrected chi connectivity index (χ2v) is 3.61. The molecule has 0 amide bonds. The number of Topliss-reactive ketones (excluding diaryl/α,β-unsaturated/α-hetero) is 1. The molecule has 0 aliphatic heterocycles. The van der Waals surface area contributed by atoms with E-state index in [-0.39, 0.29) is 0 Å². The molecule has 0 unspecified atom stereocenters. The van der Waals surface area contributed by atoms with Gasteiger partial charge in [-0.2, -0.15) is 18.4 Å². The molecule has 9 heteroatoms. The van der Waals surface area contributed by atoms with Crippen LogP contribution in [0.4, 0.5) is 18.9 Å². The summed E-state index contributed by atoms with van der Waals surface area (Å²) in [5.74, 6) is -1.79. The Kier molecular flexibility index (Phi) is 4.11. The van der Waals surface area contributed by atoms with Crippen molar-refractivity contribution in [1.29, 1.82) is 5.26 Å². The number of halogens is 4. The second-order valence-electron chi connectivity index (χ2n) is 3.34. The molecule has 0 fully saturated rings. The van der Waals surface area contributed by atoms with Crippen LogP contribution in [0.5, 0.6) is 0 Å². The Morgan fingerprint density at radius 1 is 1.47 bits per heavy atom. The molecule has 0 atom stereocenters. The molecule has 0 saturated heterocycles. The molecule has 0 heterocycles. The first-order valence-electron chi connectivity index (χ1n) is 4.61. The lowest BCUT2D eigenvalue weighted by molar-refractivity contribution is -0.388. The van der Waals surface area contributed by atoms with Crippen LogP contribution in [-0.4, -0.2) is 16.6 Å². The maximum absolute atomic E-state index is 12.7. The molecule has 1 aromatic rings. The van der Waals surface area contributed by atoms with Gasteiger partial charge in [0.05, 0.1) is 28.0 Å². The zero-order chi connectivity index (χ0) is 14.8. The van der Waals surface area contributed by atoms with E-state index in [2.05, 4.69) is 0 Å². The maximum Gasteiger partial charge on any atom is 0.423 e. The third kappa shape index (κ3) is 3.00. The van der Waals surface area contributed by atoms with E-state index < -0.39 is 45.1 Å². The van der Waals surface area contributed by atoms with Gasteiger partial charge < -0.3 is 0 Å². The Labute approximate surface area is 109 Å². The highest BCUT2D eigenvalue weighted by Crippen LogP contribution is 2.39. The van der Waals surface area contributed by atoms with Crippen molar-refractivity contribution >= 4 is 23.1 Å². The first kappa shape index (κ1) is 14.9. The summed E-state index contributed by atoms with van der Waals surface area (Å²) in [6.45, 7) is 0. The number of rotatable bonds is 3. The van der Waals surface area contributed by atoms with Gasteiger partial charge in [-0.1, -0.05) is 0 Å². The van der Waals surface area contributed by atoms with Gasteiger partial charge in [-0.05, 0) is 12.1 Å². The van der Waals surface area contributed by atoms with Gasteiger partial charge in [0, 0.05) is 0 Å². The molecular formula is C10H4ClF3N2O3. The van der Waals surface area contributed by atoms with E-state index >= 15 is 0 Å². The van der Waals surface area contributed by atoms with Crippen LogP contribution < -0.4 is 0 Å². The molecule has 100 valence electrons. The second kappa shape index (κ2) is 5.24. The quantitative estimate of drug-likeness (QED) is 0.371. The highest BCUT2D eigenvalue weighted by molar-refractivity contribution is 6.31. The fourth-order valence-corrected chi connectivity index (χ4v) is 1.54. The van der Waals surface area contributed by atoms with Crippen molar-refractivity contribution in [2.24, 2.45) is 0 Å². The van der Waals surface area contributed by atoms with Crippen molar-refractivity contribution in [3.63, 3.8) is 0 Å². The number of nitro benzene ring substituents is 1. The fraction of sp³-hybridized carbons (Fsp3) is 0.200. The summed E-state index contributed by atoms with van der Waals surface area (Å²) in [6, 6.07) is 2.45. The summed E-state index contributed by atoms with van der Waals surface area (Å²) in [5.41, 5.74) is -4.38. The molecule has 0 saturated carbocycles. The number of ketones is 1.